The van der Waals surface area contributed by atoms with Crippen LogP contribution < -0.4 is 4.90 Å². The average Bonchev–Trinajstić information content (AvgIpc) is 3.25. The third-order valence-corrected chi connectivity index (χ3v) is 6.03. The maximum absolute atomic E-state index is 14.1. The molecule has 1 aliphatic rings. The predicted octanol–water partition coefficient (Wildman–Crippen LogP) is 4.32. The lowest BCUT2D eigenvalue weighted by Crippen LogP contribution is -2.54. The number of hydrogen-bond acceptors (Lipinski definition) is 5. The van der Waals surface area contributed by atoms with Gasteiger partial charge in [-0.05, 0) is 37.3 Å². The van der Waals surface area contributed by atoms with Gasteiger partial charge in [-0.25, -0.2) is 14.4 Å². The summed E-state index contributed by atoms with van der Waals surface area (Å²) < 4.78 is 57.3. The predicted molar refractivity (Wildman–Crippen MR) is 121 cm³/mol. The van der Waals surface area contributed by atoms with Crippen molar-refractivity contribution < 1.29 is 22.4 Å². The fraction of sp³-hybridized carbons (Fsp3) is 0.250. The van der Waals surface area contributed by atoms with Gasteiger partial charge < -0.3 is 14.4 Å². The number of carbonyl (C=O) groups is 1. The molecule has 1 aliphatic heterocycles. The molecule has 1 aromatic carbocycles. The van der Waals surface area contributed by atoms with Crippen LogP contribution in [0.5, 0.6) is 0 Å². The summed E-state index contributed by atoms with van der Waals surface area (Å²) in [5.41, 5.74) is -0.363. The second kappa shape index (κ2) is 8.64. The number of pyridine rings is 1. The number of aromatic nitrogens is 4. The molecule has 3 aromatic heterocycles. The van der Waals surface area contributed by atoms with Gasteiger partial charge in [-0.3, -0.25) is 9.78 Å². The molecule has 35 heavy (non-hydrogen) atoms. The van der Waals surface area contributed by atoms with Gasteiger partial charge >= 0.3 is 6.18 Å². The zero-order valence-electron chi connectivity index (χ0n) is 18.6. The summed E-state index contributed by atoms with van der Waals surface area (Å²) in [6.45, 7) is 2.66. The van der Waals surface area contributed by atoms with Crippen molar-refractivity contribution in [1.29, 1.82) is 0 Å². The Hall–Kier alpha value is -4.02. The molecule has 11 heteroatoms. The van der Waals surface area contributed by atoms with Crippen LogP contribution in [0.4, 0.5) is 23.4 Å². The minimum Gasteiger partial charge on any atom is -0.352 e. The molecule has 1 atom stereocenters. The van der Waals surface area contributed by atoms with Gasteiger partial charge in [0.25, 0.3) is 5.91 Å². The molecule has 1 fully saturated rings. The lowest BCUT2D eigenvalue weighted by atomic mass is 10.1. The summed E-state index contributed by atoms with van der Waals surface area (Å²) in [4.78, 5) is 28.7. The molecular weight excluding hydrogens is 464 g/mol. The van der Waals surface area contributed by atoms with E-state index in [4.69, 9.17) is 0 Å². The van der Waals surface area contributed by atoms with E-state index in [9.17, 15) is 22.4 Å². The van der Waals surface area contributed by atoms with Gasteiger partial charge in [0.05, 0.1) is 10.9 Å². The molecule has 0 aliphatic carbocycles. The van der Waals surface area contributed by atoms with Crippen LogP contribution in [0.2, 0.25) is 0 Å². The summed E-state index contributed by atoms with van der Waals surface area (Å²) in [7, 11) is 0. The van der Waals surface area contributed by atoms with Crippen molar-refractivity contribution in [3.63, 3.8) is 0 Å². The summed E-state index contributed by atoms with van der Waals surface area (Å²) in [5.74, 6) is -0.692. The molecule has 0 saturated carbocycles. The molecule has 0 bridgehead atoms. The van der Waals surface area contributed by atoms with Gasteiger partial charge in [0, 0.05) is 43.8 Å². The first-order chi connectivity index (χ1) is 16.7. The third kappa shape index (κ3) is 4.17. The largest absolute Gasteiger partial charge is 0.418 e. The van der Waals surface area contributed by atoms with Crippen molar-refractivity contribution in [3.05, 3.63) is 78.3 Å². The zero-order chi connectivity index (χ0) is 24.7. The van der Waals surface area contributed by atoms with Gasteiger partial charge in [0.15, 0.2) is 5.65 Å². The number of nitrogens with zero attached hydrogens (tertiary/aromatic N) is 6. The number of amides is 1. The number of piperazine rings is 1. The molecule has 0 spiro atoms. The third-order valence-electron chi connectivity index (χ3n) is 6.03. The molecule has 7 nitrogen and oxygen atoms in total. The Morgan fingerprint density at radius 3 is 2.57 bits per heavy atom. The number of fused-ring (bicyclic) bond motifs is 1. The van der Waals surface area contributed by atoms with Crippen molar-refractivity contribution in [1.82, 2.24) is 24.4 Å². The molecule has 1 unspecified atom stereocenters. The van der Waals surface area contributed by atoms with Crippen LogP contribution in [0.25, 0.3) is 16.7 Å². The molecule has 5 rings (SSSR count). The minimum absolute atomic E-state index is 0.0209. The highest BCUT2D eigenvalue weighted by molar-refractivity contribution is 5.94. The van der Waals surface area contributed by atoms with Gasteiger partial charge in [-0.1, -0.05) is 12.1 Å². The Morgan fingerprint density at radius 1 is 1.06 bits per heavy atom. The number of benzene rings is 1. The fourth-order valence-corrected chi connectivity index (χ4v) is 4.41. The van der Waals surface area contributed by atoms with Crippen LogP contribution in [-0.2, 0) is 6.18 Å². The van der Waals surface area contributed by atoms with E-state index in [-0.39, 0.29) is 54.1 Å². The quantitative estimate of drug-likeness (QED) is 0.405. The second-order valence-corrected chi connectivity index (χ2v) is 8.29. The highest BCUT2D eigenvalue weighted by Gasteiger charge is 2.38. The number of alkyl halides is 3. The van der Waals surface area contributed by atoms with Crippen LogP contribution in [0.3, 0.4) is 0 Å². The van der Waals surface area contributed by atoms with E-state index in [1.54, 1.807) is 28.0 Å². The fourth-order valence-electron chi connectivity index (χ4n) is 4.41. The maximum atomic E-state index is 14.1. The lowest BCUT2D eigenvalue weighted by molar-refractivity contribution is -0.136. The number of rotatable bonds is 3. The molecule has 180 valence electrons. The first kappa shape index (κ1) is 22.8. The molecule has 4 heterocycles. The smallest absolute Gasteiger partial charge is 0.352 e. The summed E-state index contributed by atoms with van der Waals surface area (Å²) in [6.07, 6.45) is -1.03. The Balaban J connectivity index is 1.53. The van der Waals surface area contributed by atoms with Crippen LogP contribution in [-0.4, -0.2) is 56.0 Å². The van der Waals surface area contributed by atoms with Gasteiger partial charge in [0.2, 0.25) is 0 Å². The van der Waals surface area contributed by atoms with E-state index in [2.05, 4.69) is 15.0 Å². The van der Waals surface area contributed by atoms with Crippen molar-refractivity contribution in [2.75, 3.05) is 24.5 Å². The number of carbonyl (C=O) groups excluding carboxylic acids is 1. The monoisotopic (exact) mass is 484 g/mol. The molecule has 1 amide bonds. The first-order valence-electron chi connectivity index (χ1n) is 10.9. The van der Waals surface area contributed by atoms with Crippen LogP contribution in [0.15, 0.2) is 61.2 Å². The highest BCUT2D eigenvalue weighted by Crippen LogP contribution is 2.40. The van der Waals surface area contributed by atoms with Crippen molar-refractivity contribution >= 4 is 22.8 Å². The Labute approximate surface area is 197 Å². The SMILES string of the molecule is CC1CN(c2ncnc3c2c(C(F)(F)F)cn3-c2cccc(F)c2)CCN1C(=O)c1ccccn1. The highest BCUT2D eigenvalue weighted by atomic mass is 19.4. The molecule has 0 N–H and O–H groups in total. The lowest BCUT2D eigenvalue weighted by Gasteiger charge is -2.40. The van der Waals surface area contributed by atoms with Crippen LogP contribution in [0, 0.1) is 5.82 Å². The zero-order valence-corrected chi connectivity index (χ0v) is 18.6. The number of anilines is 1. The Kier molecular flexibility index (Phi) is 5.62. The van der Waals surface area contributed by atoms with E-state index >= 15 is 0 Å². The minimum atomic E-state index is -4.68. The molecular formula is C24H20F4N6O. The maximum Gasteiger partial charge on any atom is 0.418 e. The summed E-state index contributed by atoms with van der Waals surface area (Å²) in [5, 5.41) is -0.166. The number of hydrogen-bond donors (Lipinski definition) is 0. The van der Waals surface area contributed by atoms with E-state index < -0.39 is 17.6 Å². The normalized spacial score (nSPS) is 16.7. The average molecular weight is 484 g/mol. The molecule has 4 aromatic rings. The first-order valence-corrected chi connectivity index (χ1v) is 10.9. The van der Waals surface area contributed by atoms with E-state index in [0.29, 0.717) is 5.69 Å². The molecule has 0 radical (unpaired) electrons. The van der Waals surface area contributed by atoms with E-state index in [1.165, 1.54) is 35.3 Å². The van der Waals surface area contributed by atoms with Crippen LogP contribution >= 0.6 is 0 Å². The number of halogens is 4. The van der Waals surface area contributed by atoms with Gasteiger partial charge in [-0.2, -0.15) is 13.2 Å². The summed E-state index contributed by atoms with van der Waals surface area (Å²) in [6, 6.07) is 10.1. The topological polar surface area (TPSA) is 67.2 Å². The van der Waals surface area contributed by atoms with E-state index in [1.807, 2.05) is 6.92 Å². The standard InChI is InChI=1S/C24H20F4N6O/c1-15-12-32(9-10-33(15)23(35)19-7-2-3-8-29-19)21-20-18(24(26,27)28)13-34(22(20)31-14-30-21)17-6-4-5-16(25)11-17/h2-8,11,13-15H,9-10,12H2,1H3. The Morgan fingerprint density at radius 2 is 1.89 bits per heavy atom. The second-order valence-electron chi connectivity index (χ2n) is 8.29. The van der Waals surface area contributed by atoms with Gasteiger partial charge in [0.1, 0.15) is 23.7 Å². The Bertz CT molecular complexity index is 1390. The molecule has 1 saturated heterocycles. The van der Waals surface area contributed by atoms with E-state index in [0.717, 1.165) is 12.3 Å². The summed E-state index contributed by atoms with van der Waals surface area (Å²) >= 11 is 0. The van der Waals surface area contributed by atoms with Gasteiger partial charge in [-0.15, -0.1) is 0 Å². The van der Waals surface area contributed by atoms with Crippen molar-refractivity contribution in [2.45, 2.75) is 19.1 Å². The van der Waals surface area contributed by atoms with Crippen molar-refractivity contribution in [2.24, 2.45) is 0 Å². The van der Waals surface area contributed by atoms with Crippen molar-refractivity contribution in [3.8, 4) is 5.69 Å². The van der Waals surface area contributed by atoms with Crippen LogP contribution in [0.1, 0.15) is 23.0 Å².